The average Bonchev–Trinajstić information content (AvgIpc) is 2.82. The maximum Gasteiger partial charge on any atom is 0.312 e. The highest BCUT2D eigenvalue weighted by molar-refractivity contribution is 7.17. The molecule has 0 bridgehead atoms. The van der Waals surface area contributed by atoms with Gasteiger partial charge in [-0.2, -0.15) is 0 Å². The normalized spacial score (nSPS) is 14.4. The number of thiophene rings is 1. The van der Waals surface area contributed by atoms with Crippen LogP contribution in [0.5, 0.6) is 0 Å². The minimum Gasteiger partial charge on any atom is -0.466 e. The summed E-state index contributed by atoms with van der Waals surface area (Å²) in [5.41, 5.74) is 0.817. The van der Waals surface area contributed by atoms with Crippen molar-refractivity contribution in [2.24, 2.45) is 11.8 Å². The number of carbonyl (C=O) groups excluding carboxylic acids is 1. The number of fused-ring (bicyclic) bond motifs is 1. The fraction of sp³-hybridized carbons (Fsp3) is 0.438. The van der Waals surface area contributed by atoms with Crippen molar-refractivity contribution in [3.05, 3.63) is 35.2 Å². The van der Waals surface area contributed by atoms with Gasteiger partial charge >= 0.3 is 5.97 Å². The number of rotatable bonds is 5. The van der Waals surface area contributed by atoms with Crippen LogP contribution < -0.4 is 0 Å². The highest BCUT2D eigenvalue weighted by Crippen LogP contribution is 2.36. The Morgan fingerprint density at radius 1 is 1.35 bits per heavy atom. The molecule has 0 aliphatic carbocycles. The van der Waals surface area contributed by atoms with E-state index in [9.17, 15) is 9.90 Å². The van der Waals surface area contributed by atoms with Crippen LogP contribution in [0.2, 0.25) is 0 Å². The van der Waals surface area contributed by atoms with Gasteiger partial charge in [-0.05, 0) is 35.2 Å². The third-order valence-corrected chi connectivity index (χ3v) is 4.43. The van der Waals surface area contributed by atoms with Crippen LogP contribution in [-0.4, -0.2) is 17.7 Å². The van der Waals surface area contributed by atoms with Gasteiger partial charge in [0.2, 0.25) is 0 Å². The second kappa shape index (κ2) is 6.37. The summed E-state index contributed by atoms with van der Waals surface area (Å²) in [6.07, 6.45) is -0.829. The number of aliphatic hydroxyl groups is 1. The molecule has 1 N–H and O–H groups in total. The molecule has 0 spiro atoms. The van der Waals surface area contributed by atoms with Crippen LogP contribution in [0.4, 0.5) is 0 Å². The Morgan fingerprint density at radius 2 is 2.05 bits per heavy atom. The quantitative estimate of drug-likeness (QED) is 0.853. The summed E-state index contributed by atoms with van der Waals surface area (Å²) in [5, 5.41) is 13.6. The monoisotopic (exact) mass is 292 g/mol. The number of hydrogen-bond acceptors (Lipinski definition) is 4. The summed E-state index contributed by atoms with van der Waals surface area (Å²) in [6, 6.07) is 7.91. The smallest absolute Gasteiger partial charge is 0.312 e. The lowest BCUT2D eigenvalue weighted by Crippen LogP contribution is -2.29. The highest BCUT2D eigenvalue weighted by Gasteiger charge is 2.33. The number of aliphatic hydroxyl groups excluding tert-OH is 1. The summed E-state index contributed by atoms with van der Waals surface area (Å²) in [5.74, 6) is -0.846. The molecule has 0 saturated heterocycles. The molecule has 1 heterocycles. The summed E-state index contributed by atoms with van der Waals surface area (Å²) in [6.45, 7) is 5.97. The Bertz CT molecular complexity index is 588. The van der Waals surface area contributed by atoms with E-state index in [1.165, 1.54) is 0 Å². The van der Waals surface area contributed by atoms with Crippen LogP contribution in [0.1, 0.15) is 32.4 Å². The van der Waals surface area contributed by atoms with E-state index < -0.39 is 12.0 Å². The molecule has 108 valence electrons. The van der Waals surface area contributed by atoms with E-state index in [0.29, 0.717) is 6.61 Å². The van der Waals surface area contributed by atoms with E-state index in [1.807, 2.05) is 43.5 Å². The molecule has 1 aromatic heterocycles. The van der Waals surface area contributed by atoms with Crippen molar-refractivity contribution in [1.29, 1.82) is 0 Å². The molecule has 3 nitrogen and oxygen atoms in total. The van der Waals surface area contributed by atoms with Crippen LogP contribution in [0.25, 0.3) is 10.1 Å². The van der Waals surface area contributed by atoms with Gasteiger partial charge in [0.15, 0.2) is 0 Å². The number of hydrogen-bond donors (Lipinski definition) is 1. The minimum atomic E-state index is -0.829. The van der Waals surface area contributed by atoms with Crippen molar-refractivity contribution in [3.63, 3.8) is 0 Å². The molecule has 0 amide bonds. The maximum absolute atomic E-state index is 12.1. The highest BCUT2D eigenvalue weighted by atomic mass is 32.1. The fourth-order valence-corrected chi connectivity index (χ4v) is 3.42. The van der Waals surface area contributed by atoms with E-state index in [-0.39, 0.29) is 11.9 Å². The topological polar surface area (TPSA) is 46.5 Å². The number of esters is 1. The van der Waals surface area contributed by atoms with E-state index >= 15 is 0 Å². The molecular weight excluding hydrogens is 272 g/mol. The van der Waals surface area contributed by atoms with E-state index in [4.69, 9.17) is 4.74 Å². The lowest BCUT2D eigenvalue weighted by atomic mass is 9.86. The first kappa shape index (κ1) is 15.0. The first-order chi connectivity index (χ1) is 9.56. The third-order valence-electron chi connectivity index (χ3n) is 3.45. The molecular formula is C16H20O3S. The summed E-state index contributed by atoms with van der Waals surface area (Å²) < 4.78 is 6.22. The zero-order chi connectivity index (χ0) is 14.7. The molecule has 0 radical (unpaired) electrons. The summed E-state index contributed by atoms with van der Waals surface area (Å²) >= 11 is 1.58. The van der Waals surface area contributed by atoms with E-state index in [2.05, 4.69) is 0 Å². The van der Waals surface area contributed by atoms with Gasteiger partial charge in [0.1, 0.15) is 0 Å². The van der Waals surface area contributed by atoms with Crippen molar-refractivity contribution in [2.45, 2.75) is 26.9 Å². The van der Waals surface area contributed by atoms with Crippen molar-refractivity contribution >= 4 is 27.4 Å². The van der Waals surface area contributed by atoms with Crippen LogP contribution in [0.15, 0.2) is 29.6 Å². The molecule has 0 aliphatic heterocycles. The Morgan fingerprint density at radius 3 is 2.70 bits per heavy atom. The number of ether oxygens (including phenoxy) is 1. The second-order valence-corrected chi connectivity index (χ2v) is 6.07. The molecule has 0 aliphatic rings. The molecule has 4 heteroatoms. The Labute approximate surface area is 123 Å². The summed E-state index contributed by atoms with van der Waals surface area (Å²) in [4.78, 5) is 12.1. The predicted molar refractivity (Wildman–Crippen MR) is 81.7 cm³/mol. The van der Waals surface area contributed by atoms with Crippen LogP contribution in [0, 0.1) is 11.8 Å². The summed E-state index contributed by atoms with van der Waals surface area (Å²) in [7, 11) is 0. The molecule has 20 heavy (non-hydrogen) atoms. The molecule has 1 aromatic carbocycles. The zero-order valence-corrected chi connectivity index (χ0v) is 12.8. The van der Waals surface area contributed by atoms with E-state index in [1.54, 1.807) is 18.3 Å². The van der Waals surface area contributed by atoms with Crippen molar-refractivity contribution in [2.75, 3.05) is 6.61 Å². The second-order valence-electron chi connectivity index (χ2n) is 5.15. The third kappa shape index (κ3) is 2.86. The average molecular weight is 292 g/mol. The predicted octanol–water partition coefficient (Wildman–Crippen LogP) is 3.77. The van der Waals surface area contributed by atoms with Crippen LogP contribution >= 0.6 is 11.3 Å². The molecule has 0 saturated carbocycles. The SMILES string of the molecule is CCOC(=O)C(C(C)C)C(O)c1csc2ccccc12. The lowest BCUT2D eigenvalue weighted by Gasteiger charge is -2.24. The van der Waals surface area contributed by atoms with Crippen molar-refractivity contribution in [1.82, 2.24) is 0 Å². The number of carbonyl (C=O) groups is 1. The van der Waals surface area contributed by atoms with Gasteiger partial charge in [-0.3, -0.25) is 4.79 Å². The fourth-order valence-electron chi connectivity index (χ4n) is 2.42. The van der Waals surface area contributed by atoms with Gasteiger partial charge in [0.05, 0.1) is 18.6 Å². The van der Waals surface area contributed by atoms with Gasteiger partial charge in [-0.1, -0.05) is 32.0 Å². The van der Waals surface area contributed by atoms with Gasteiger partial charge in [0.25, 0.3) is 0 Å². The van der Waals surface area contributed by atoms with Gasteiger partial charge in [-0.25, -0.2) is 0 Å². The number of benzene rings is 1. The van der Waals surface area contributed by atoms with Crippen molar-refractivity contribution in [3.8, 4) is 0 Å². The maximum atomic E-state index is 12.1. The standard InChI is InChI=1S/C16H20O3S/c1-4-19-16(18)14(10(2)3)15(17)12-9-20-13-8-6-5-7-11(12)13/h5-10,14-15,17H,4H2,1-3H3. The molecule has 2 unspecified atom stereocenters. The van der Waals surface area contributed by atoms with Gasteiger partial charge in [-0.15, -0.1) is 11.3 Å². The first-order valence-corrected chi connectivity index (χ1v) is 7.75. The Hall–Kier alpha value is -1.39. The van der Waals surface area contributed by atoms with E-state index in [0.717, 1.165) is 15.6 Å². The molecule has 0 fully saturated rings. The lowest BCUT2D eigenvalue weighted by molar-refractivity contribution is -0.154. The molecule has 2 rings (SSSR count). The van der Waals surface area contributed by atoms with Crippen LogP contribution in [0.3, 0.4) is 0 Å². The molecule has 2 aromatic rings. The largest absolute Gasteiger partial charge is 0.466 e. The molecule has 2 atom stereocenters. The van der Waals surface area contributed by atoms with Crippen molar-refractivity contribution < 1.29 is 14.6 Å². The zero-order valence-electron chi connectivity index (χ0n) is 12.0. The Balaban J connectivity index is 2.36. The first-order valence-electron chi connectivity index (χ1n) is 6.87. The van der Waals surface area contributed by atoms with Gasteiger partial charge in [0, 0.05) is 4.70 Å². The van der Waals surface area contributed by atoms with Gasteiger partial charge < -0.3 is 9.84 Å². The van der Waals surface area contributed by atoms with Crippen LogP contribution in [-0.2, 0) is 9.53 Å². The Kier molecular flexibility index (Phi) is 4.78. The minimum absolute atomic E-state index is 0.0164.